The van der Waals surface area contributed by atoms with Gasteiger partial charge in [0, 0.05) is 10.9 Å². The number of halogens is 1. The van der Waals surface area contributed by atoms with Crippen molar-refractivity contribution in [3.8, 4) is 0 Å². The van der Waals surface area contributed by atoms with E-state index in [9.17, 15) is 19.5 Å². The number of amides is 3. The minimum absolute atomic E-state index is 0.00671. The number of carbonyl (C=O) groups is 3. The summed E-state index contributed by atoms with van der Waals surface area (Å²) in [6.07, 6.45) is -1.96. The van der Waals surface area contributed by atoms with Crippen molar-refractivity contribution in [3.05, 3.63) is 70.2 Å². The predicted octanol–water partition coefficient (Wildman–Crippen LogP) is 1.64. The van der Waals surface area contributed by atoms with Crippen LogP contribution in [0.15, 0.2) is 59.1 Å². The Hall–Kier alpha value is -2.91. The van der Waals surface area contributed by atoms with Gasteiger partial charge >= 0.3 is 6.09 Å². The summed E-state index contributed by atoms with van der Waals surface area (Å²) in [5.41, 5.74) is 6.97. The fourth-order valence-corrected chi connectivity index (χ4v) is 3.11. The molecule has 2 aromatic rings. The molecule has 0 radical (unpaired) electrons. The first-order valence-electron chi connectivity index (χ1n) is 9.26. The van der Waals surface area contributed by atoms with Gasteiger partial charge in [-0.25, -0.2) is 4.79 Å². The smallest absolute Gasteiger partial charge is 0.408 e. The molecule has 0 spiro atoms. The van der Waals surface area contributed by atoms with E-state index >= 15 is 0 Å². The highest BCUT2D eigenvalue weighted by molar-refractivity contribution is 9.10. The van der Waals surface area contributed by atoms with E-state index in [1.54, 1.807) is 42.5 Å². The van der Waals surface area contributed by atoms with E-state index in [1.807, 2.05) is 12.1 Å². The van der Waals surface area contributed by atoms with E-state index in [1.165, 1.54) is 6.92 Å². The number of aliphatic hydroxyl groups excluding tert-OH is 1. The van der Waals surface area contributed by atoms with Crippen molar-refractivity contribution < 1.29 is 24.2 Å². The topological polar surface area (TPSA) is 131 Å². The van der Waals surface area contributed by atoms with Crippen molar-refractivity contribution in [3.63, 3.8) is 0 Å². The highest BCUT2D eigenvalue weighted by Gasteiger charge is 2.29. The summed E-state index contributed by atoms with van der Waals surface area (Å²) in [5, 5.41) is 14.8. The zero-order valence-electron chi connectivity index (χ0n) is 16.4. The zero-order valence-corrected chi connectivity index (χ0v) is 18.0. The number of rotatable bonds is 9. The van der Waals surface area contributed by atoms with Crippen LogP contribution in [0.5, 0.6) is 0 Å². The molecule has 2 rings (SSSR count). The van der Waals surface area contributed by atoms with Crippen molar-refractivity contribution in [2.75, 3.05) is 0 Å². The highest BCUT2D eigenvalue weighted by Crippen LogP contribution is 2.17. The third-order valence-electron chi connectivity index (χ3n) is 4.29. The van der Waals surface area contributed by atoms with Crippen LogP contribution < -0.4 is 16.4 Å². The molecule has 3 atom stereocenters. The number of carbonyl (C=O) groups excluding carboxylic acids is 3. The van der Waals surface area contributed by atoms with Crippen molar-refractivity contribution in [2.45, 2.75) is 38.1 Å². The number of hydrogen-bond acceptors (Lipinski definition) is 5. The van der Waals surface area contributed by atoms with Crippen LogP contribution in [0.2, 0.25) is 0 Å². The Bertz CT molecular complexity index is 876. The molecule has 2 aromatic carbocycles. The average molecular weight is 478 g/mol. The largest absolute Gasteiger partial charge is 0.445 e. The van der Waals surface area contributed by atoms with E-state index in [0.29, 0.717) is 0 Å². The second kappa shape index (κ2) is 11.3. The zero-order chi connectivity index (χ0) is 22.1. The molecule has 0 saturated heterocycles. The Morgan fingerprint density at radius 2 is 1.70 bits per heavy atom. The third kappa shape index (κ3) is 7.16. The summed E-state index contributed by atoms with van der Waals surface area (Å²) >= 11 is 3.38. The lowest BCUT2D eigenvalue weighted by Crippen LogP contribution is -2.57. The molecule has 9 heteroatoms. The minimum Gasteiger partial charge on any atom is -0.445 e. The van der Waals surface area contributed by atoms with Gasteiger partial charge in [0.1, 0.15) is 18.7 Å². The molecule has 0 unspecified atom stereocenters. The molecule has 5 N–H and O–H groups in total. The number of benzene rings is 2. The fourth-order valence-electron chi connectivity index (χ4n) is 2.67. The number of nitrogens with two attached hydrogens (primary N) is 1. The van der Waals surface area contributed by atoms with Crippen LogP contribution in [0.4, 0.5) is 4.79 Å². The van der Waals surface area contributed by atoms with Crippen LogP contribution in [-0.4, -0.2) is 41.2 Å². The average Bonchev–Trinajstić information content (AvgIpc) is 2.71. The summed E-state index contributed by atoms with van der Waals surface area (Å²) in [6.45, 7) is 1.35. The number of nitrogens with one attached hydrogen (secondary N) is 2. The Labute approximate surface area is 182 Å². The number of primary amides is 1. The number of hydrogen-bond donors (Lipinski definition) is 4. The van der Waals surface area contributed by atoms with Crippen molar-refractivity contribution >= 4 is 33.8 Å². The first kappa shape index (κ1) is 23.4. The lowest BCUT2D eigenvalue weighted by molar-refractivity contribution is -0.130. The molecule has 0 bridgehead atoms. The minimum atomic E-state index is -1.32. The molecule has 0 aliphatic heterocycles. The normalized spacial score (nSPS) is 13.6. The molecule has 8 nitrogen and oxygen atoms in total. The number of aliphatic hydroxyl groups is 1. The van der Waals surface area contributed by atoms with Gasteiger partial charge in [-0.2, -0.15) is 0 Å². The van der Waals surface area contributed by atoms with Gasteiger partial charge in [-0.1, -0.05) is 64.5 Å². The van der Waals surface area contributed by atoms with Crippen LogP contribution in [0.25, 0.3) is 0 Å². The first-order valence-corrected chi connectivity index (χ1v) is 10.1. The molecule has 0 heterocycles. The van der Waals surface area contributed by atoms with Gasteiger partial charge in [-0.3, -0.25) is 9.59 Å². The van der Waals surface area contributed by atoms with Crippen LogP contribution in [0, 0.1) is 0 Å². The standard InChI is InChI=1S/C21H24BrN3O5/c1-13(26)18(25-21(29)30-12-14-7-3-2-4-8-14)20(28)24-17(19(23)27)11-15-9-5-6-10-16(15)22/h2-10,13,17-18,26H,11-12H2,1H3,(H2,23,27)(H,24,28)(H,25,29)/t13-,17+,18+/m1/s1. The Kier molecular flexibility index (Phi) is 8.82. The van der Waals surface area contributed by atoms with Crippen LogP contribution >= 0.6 is 15.9 Å². The summed E-state index contributed by atoms with van der Waals surface area (Å²) in [4.78, 5) is 36.5. The second-order valence-electron chi connectivity index (χ2n) is 6.68. The van der Waals surface area contributed by atoms with Crippen LogP contribution in [0.3, 0.4) is 0 Å². The van der Waals surface area contributed by atoms with Gasteiger partial charge in [0.05, 0.1) is 6.10 Å². The van der Waals surface area contributed by atoms with E-state index in [-0.39, 0.29) is 13.0 Å². The van der Waals surface area contributed by atoms with E-state index in [2.05, 4.69) is 26.6 Å². The van der Waals surface area contributed by atoms with Crippen molar-refractivity contribution in [1.82, 2.24) is 10.6 Å². The van der Waals surface area contributed by atoms with Gasteiger partial charge < -0.3 is 26.2 Å². The first-order chi connectivity index (χ1) is 14.3. The molecular formula is C21H24BrN3O5. The molecule has 0 aliphatic rings. The second-order valence-corrected chi connectivity index (χ2v) is 7.54. The van der Waals surface area contributed by atoms with Crippen molar-refractivity contribution in [1.29, 1.82) is 0 Å². The van der Waals surface area contributed by atoms with Gasteiger partial charge in [0.15, 0.2) is 0 Å². The maximum Gasteiger partial charge on any atom is 0.408 e. The molecule has 30 heavy (non-hydrogen) atoms. The van der Waals surface area contributed by atoms with E-state index in [4.69, 9.17) is 10.5 Å². The lowest BCUT2D eigenvalue weighted by atomic mass is 10.0. The summed E-state index contributed by atoms with van der Waals surface area (Å²) in [6, 6.07) is 13.9. The maximum atomic E-state index is 12.6. The molecule has 160 valence electrons. The van der Waals surface area contributed by atoms with E-state index < -0.39 is 36.1 Å². The predicted molar refractivity (Wildman–Crippen MR) is 114 cm³/mol. The quantitative estimate of drug-likeness (QED) is 0.435. The molecule has 0 aliphatic carbocycles. The van der Waals surface area contributed by atoms with Crippen molar-refractivity contribution in [2.24, 2.45) is 5.73 Å². The van der Waals surface area contributed by atoms with E-state index in [0.717, 1.165) is 15.6 Å². The Balaban J connectivity index is 1.99. The molecule has 0 aromatic heterocycles. The SMILES string of the molecule is C[C@@H](O)[C@H](NC(=O)OCc1ccccc1)C(=O)N[C@@H](Cc1ccccc1Br)C(N)=O. The summed E-state index contributed by atoms with van der Waals surface area (Å²) in [7, 11) is 0. The molecule has 3 amide bonds. The molecular weight excluding hydrogens is 454 g/mol. The monoisotopic (exact) mass is 477 g/mol. The molecule has 0 fully saturated rings. The Morgan fingerprint density at radius 3 is 2.30 bits per heavy atom. The number of alkyl carbamates (subject to hydrolysis) is 1. The Morgan fingerprint density at radius 1 is 1.07 bits per heavy atom. The van der Waals surface area contributed by atoms with Gasteiger partial charge in [-0.15, -0.1) is 0 Å². The summed E-state index contributed by atoms with van der Waals surface area (Å²) in [5.74, 6) is -1.49. The molecule has 0 saturated carbocycles. The van der Waals surface area contributed by atoms with Gasteiger partial charge in [-0.05, 0) is 24.1 Å². The highest BCUT2D eigenvalue weighted by atomic mass is 79.9. The van der Waals surface area contributed by atoms with Crippen LogP contribution in [0.1, 0.15) is 18.1 Å². The maximum absolute atomic E-state index is 12.6. The van der Waals surface area contributed by atoms with Gasteiger partial charge in [0.2, 0.25) is 11.8 Å². The third-order valence-corrected chi connectivity index (χ3v) is 5.07. The fraction of sp³-hybridized carbons (Fsp3) is 0.286. The van der Waals surface area contributed by atoms with Crippen LogP contribution in [-0.2, 0) is 27.4 Å². The number of ether oxygens (including phenoxy) is 1. The summed E-state index contributed by atoms with van der Waals surface area (Å²) < 4.78 is 5.85. The lowest BCUT2D eigenvalue weighted by Gasteiger charge is -2.23. The van der Waals surface area contributed by atoms with Gasteiger partial charge in [0.25, 0.3) is 0 Å².